The van der Waals surface area contributed by atoms with Crippen molar-refractivity contribution in [3.8, 4) is 0 Å². The molecule has 1 aliphatic carbocycles. The minimum absolute atomic E-state index is 0.0164. The summed E-state index contributed by atoms with van der Waals surface area (Å²) in [7, 11) is -3.76. The summed E-state index contributed by atoms with van der Waals surface area (Å²) in [5.74, 6) is 1.05. The van der Waals surface area contributed by atoms with Gasteiger partial charge in [-0.15, -0.1) is 0 Å². The van der Waals surface area contributed by atoms with Crippen LogP contribution in [-0.2, 0) is 14.8 Å². The number of hydrogen-bond acceptors (Lipinski definition) is 6. The number of benzene rings is 1. The zero-order chi connectivity index (χ0) is 19.9. The maximum Gasteiger partial charge on any atom is 0.293 e. The third-order valence-electron chi connectivity index (χ3n) is 6.46. The van der Waals surface area contributed by atoms with E-state index in [0.717, 1.165) is 19.4 Å². The van der Waals surface area contributed by atoms with Crippen LogP contribution in [0.3, 0.4) is 0 Å². The standard InChI is InChI=1S/C19H27N3O5S/c1-14-13-21(17-5-3-2-4-16(14)17)18-7-6-15(12-19(18)22(23)24)28(25,26)20-8-10-27-11-9-20/h6-7,12,14,16-17H,2-5,8-11,13H2,1H3. The summed E-state index contributed by atoms with van der Waals surface area (Å²) in [6.45, 7) is 4.22. The van der Waals surface area contributed by atoms with E-state index in [1.54, 1.807) is 6.07 Å². The monoisotopic (exact) mass is 409 g/mol. The number of nitro benzene ring substituents is 1. The number of hydrogen-bond donors (Lipinski definition) is 0. The molecule has 0 N–H and O–H groups in total. The Labute approximate surface area is 165 Å². The summed E-state index contributed by atoms with van der Waals surface area (Å²) >= 11 is 0. The molecule has 3 atom stereocenters. The first-order chi connectivity index (χ1) is 13.4. The number of nitrogens with zero attached hydrogens (tertiary/aromatic N) is 3. The Morgan fingerprint density at radius 1 is 1.18 bits per heavy atom. The number of ether oxygens (including phenoxy) is 1. The third-order valence-corrected chi connectivity index (χ3v) is 8.35. The normalized spacial score (nSPS) is 28.9. The van der Waals surface area contributed by atoms with Crippen LogP contribution in [0.5, 0.6) is 0 Å². The van der Waals surface area contributed by atoms with Gasteiger partial charge in [0.2, 0.25) is 10.0 Å². The molecule has 3 unspecified atom stereocenters. The van der Waals surface area contributed by atoms with Crippen molar-refractivity contribution in [2.24, 2.45) is 11.8 Å². The van der Waals surface area contributed by atoms with E-state index in [-0.39, 0.29) is 23.7 Å². The van der Waals surface area contributed by atoms with Crippen molar-refractivity contribution in [3.63, 3.8) is 0 Å². The molecule has 1 aromatic carbocycles. The molecule has 2 saturated heterocycles. The van der Waals surface area contributed by atoms with Crippen molar-refractivity contribution >= 4 is 21.4 Å². The molecule has 8 nitrogen and oxygen atoms in total. The fraction of sp³-hybridized carbons (Fsp3) is 0.684. The number of nitro groups is 1. The molecule has 4 rings (SSSR count). The molecule has 154 valence electrons. The van der Waals surface area contributed by atoms with Gasteiger partial charge in [-0.2, -0.15) is 4.31 Å². The van der Waals surface area contributed by atoms with E-state index in [2.05, 4.69) is 11.8 Å². The molecular weight excluding hydrogens is 382 g/mol. The molecule has 1 saturated carbocycles. The van der Waals surface area contributed by atoms with Crippen LogP contribution in [0, 0.1) is 22.0 Å². The van der Waals surface area contributed by atoms with Crippen molar-refractivity contribution in [1.82, 2.24) is 4.31 Å². The van der Waals surface area contributed by atoms with Gasteiger partial charge >= 0.3 is 0 Å². The van der Waals surface area contributed by atoms with Gasteiger partial charge in [0.15, 0.2) is 0 Å². The molecule has 0 amide bonds. The maximum atomic E-state index is 12.9. The zero-order valence-corrected chi connectivity index (χ0v) is 16.9. The van der Waals surface area contributed by atoms with Crippen LogP contribution in [0.1, 0.15) is 32.6 Å². The first kappa shape index (κ1) is 19.6. The predicted octanol–water partition coefficient (Wildman–Crippen LogP) is 2.63. The zero-order valence-electron chi connectivity index (χ0n) is 16.1. The van der Waals surface area contributed by atoms with E-state index in [1.807, 2.05) is 0 Å². The van der Waals surface area contributed by atoms with Crippen LogP contribution >= 0.6 is 0 Å². The summed E-state index contributed by atoms with van der Waals surface area (Å²) in [6.07, 6.45) is 4.57. The number of sulfonamides is 1. The SMILES string of the molecule is CC1CN(c2ccc(S(=O)(=O)N3CCOCC3)cc2[N+](=O)[O-])C2CCCCC12. The van der Waals surface area contributed by atoms with Crippen molar-refractivity contribution < 1.29 is 18.1 Å². The van der Waals surface area contributed by atoms with Gasteiger partial charge in [-0.3, -0.25) is 10.1 Å². The summed E-state index contributed by atoms with van der Waals surface area (Å²) in [5.41, 5.74) is 0.430. The molecule has 0 aromatic heterocycles. The first-order valence-electron chi connectivity index (χ1n) is 10.0. The average Bonchev–Trinajstić information content (AvgIpc) is 3.05. The smallest absolute Gasteiger partial charge is 0.293 e. The van der Waals surface area contributed by atoms with Gasteiger partial charge in [-0.1, -0.05) is 19.8 Å². The Balaban J connectivity index is 1.69. The summed E-state index contributed by atoms with van der Waals surface area (Å²) in [6, 6.07) is 4.70. The highest BCUT2D eigenvalue weighted by Gasteiger charge is 2.42. The van der Waals surface area contributed by atoms with Crippen molar-refractivity contribution in [1.29, 1.82) is 0 Å². The van der Waals surface area contributed by atoms with Gasteiger partial charge in [-0.25, -0.2) is 8.42 Å². The predicted molar refractivity (Wildman–Crippen MR) is 105 cm³/mol. The van der Waals surface area contributed by atoms with Crippen LogP contribution in [0.15, 0.2) is 23.1 Å². The van der Waals surface area contributed by atoms with Crippen LogP contribution in [0.25, 0.3) is 0 Å². The van der Waals surface area contributed by atoms with Gasteiger partial charge in [0.25, 0.3) is 5.69 Å². The number of anilines is 1. The van der Waals surface area contributed by atoms with Crippen LogP contribution in [0.2, 0.25) is 0 Å². The molecule has 3 aliphatic rings. The molecule has 1 aromatic rings. The van der Waals surface area contributed by atoms with Gasteiger partial charge < -0.3 is 9.64 Å². The van der Waals surface area contributed by atoms with E-state index in [0.29, 0.717) is 36.8 Å². The minimum atomic E-state index is -3.76. The largest absolute Gasteiger partial charge is 0.379 e. The highest BCUT2D eigenvalue weighted by Crippen LogP contribution is 2.44. The molecular formula is C19H27N3O5S. The molecule has 0 radical (unpaired) electrons. The molecule has 0 bridgehead atoms. The summed E-state index contributed by atoms with van der Waals surface area (Å²) < 4.78 is 32.4. The first-order valence-corrected chi connectivity index (χ1v) is 11.5. The van der Waals surface area contributed by atoms with E-state index >= 15 is 0 Å². The second kappa shape index (κ2) is 7.61. The lowest BCUT2D eigenvalue weighted by molar-refractivity contribution is -0.384. The van der Waals surface area contributed by atoms with Crippen molar-refractivity contribution in [2.45, 2.75) is 43.5 Å². The fourth-order valence-corrected chi connectivity index (χ4v) is 6.47. The number of fused-ring (bicyclic) bond motifs is 1. The Morgan fingerprint density at radius 3 is 2.61 bits per heavy atom. The Bertz CT molecular complexity index is 853. The molecule has 3 fully saturated rings. The Kier molecular flexibility index (Phi) is 5.32. The maximum absolute atomic E-state index is 12.9. The second-order valence-corrected chi connectivity index (χ2v) is 10.0. The van der Waals surface area contributed by atoms with Gasteiger partial charge in [-0.05, 0) is 36.8 Å². The minimum Gasteiger partial charge on any atom is -0.379 e. The number of rotatable bonds is 4. The van der Waals surface area contributed by atoms with Crippen LogP contribution in [-0.4, -0.2) is 56.5 Å². The van der Waals surface area contributed by atoms with E-state index in [1.165, 1.54) is 29.3 Å². The lowest BCUT2D eigenvalue weighted by Crippen LogP contribution is -2.40. The third kappa shape index (κ3) is 3.40. The summed E-state index contributed by atoms with van der Waals surface area (Å²) in [5, 5.41) is 11.8. The van der Waals surface area contributed by atoms with E-state index < -0.39 is 14.9 Å². The Morgan fingerprint density at radius 2 is 1.89 bits per heavy atom. The van der Waals surface area contributed by atoms with Gasteiger partial charge in [0, 0.05) is 31.7 Å². The molecule has 2 aliphatic heterocycles. The van der Waals surface area contributed by atoms with Gasteiger partial charge in [0.05, 0.1) is 23.0 Å². The quantitative estimate of drug-likeness (QED) is 0.561. The second-order valence-electron chi connectivity index (χ2n) is 8.07. The lowest BCUT2D eigenvalue weighted by atomic mass is 9.80. The molecule has 28 heavy (non-hydrogen) atoms. The van der Waals surface area contributed by atoms with Crippen molar-refractivity contribution in [3.05, 3.63) is 28.3 Å². The average molecular weight is 410 g/mol. The lowest BCUT2D eigenvalue weighted by Gasteiger charge is -2.33. The highest BCUT2D eigenvalue weighted by molar-refractivity contribution is 7.89. The van der Waals surface area contributed by atoms with Gasteiger partial charge in [0.1, 0.15) is 5.69 Å². The molecule has 2 heterocycles. The van der Waals surface area contributed by atoms with Crippen molar-refractivity contribution in [2.75, 3.05) is 37.7 Å². The van der Waals surface area contributed by atoms with E-state index in [4.69, 9.17) is 4.74 Å². The Hall–Kier alpha value is -1.71. The molecule has 0 spiro atoms. The highest BCUT2D eigenvalue weighted by atomic mass is 32.2. The van der Waals surface area contributed by atoms with Crippen LogP contribution < -0.4 is 4.90 Å². The van der Waals surface area contributed by atoms with E-state index in [9.17, 15) is 18.5 Å². The topological polar surface area (TPSA) is 93.0 Å². The fourth-order valence-electron chi connectivity index (χ4n) is 5.04. The molecule has 9 heteroatoms. The number of morpholine rings is 1. The summed E-state index contributed by atoms with van der Waals surface area (Å²) in [4.78, 5) is 13.5. The van der Waals surface area contributed by atoms with Crippen LogP contribution in [0.4, 0.5) is 11.4 Å².